The Hall–Kier alpha value is -1.46. The van der Waals surface area contributed by atoms with Gasteiger partial charge in [-0.15, -0.1) is 0 Å². The first-order valence-corrected chi connectivity index (χ1v) is 6.77. The van der Waals surface area contributed by atoms with Crippen LogP contribution in [0.2, 0.25) is 5.15 Å². The van der Waals surface area contributed by atoms with Gasteiger partial charge in [-0.1, -0.05) is 39.7 Å². The van der Waals surface area contributed by atoms with E-state index >= 15 is 0 Å². The molecule has 0 radical (unpaired) electrons. The Bertz CT molecular complexity index is 589. The van der Waals surface area contributed by atoms with Crippen LogP contribution in [0, 0.1) is 0 Å². The van der Waals surface area contributed by atoms with Gasteiger partial charge in [-0.25, -0.2) is 9.97 Å². The van der Waals surface area contributed by atoms with E-state index in [1.165, 1.54) is 12.4 Å². The lowest BCUT2D eigenvalue weighted by Crippen LogP contribution is -2.27. The molecule has 2 aromatic rings. The first-order valence-electron chi connectivity index (χ1n) is 5.60. The molecular weight excluding hydrogens is 330 g/mol. The molecule has 0 saturated carbocycles. The van der Waals surface area contributed by atoms with E-state index < -0.39 is 0 Å². The van der Waals surface area contributed by atoms with Gasteiger partial charge in [-0.05, 0) is 24.6 Å². The summed E-state index contributed by atoms with van der Waals surface area (Å²) < 4.78 is 0.970. The van der Waals surface area contributed by atoms with Crippen LogP contribution in [0.5, 0.6) is 0 Å². The zero-order chi connectivity index (χ0) is 13.8. The third kappa shape index (κ3) is 3.75. The van der Waals surface area contributed by atoms with Gasteiger partial charge in [0.25, 0.3) is 5.91 Å². The van der Waals surface area contributed by atoms with E-state index in [1.54, 1.807) is 0 Å². The molecule has 0 spiro atoms. The van der Waals surface area contributed by atoms with Crippen LogP contribution in [0.15, 0.2) is 41.1 Å². The third-order valence-electron chi connectivity index (χ3n) is 2.55. The summed E-state index contributed by atoms with van der Waals surface area (Å²) in [5.74, 6) is -0.281. The maximum Gasteiger partial charge on any atom is 0.271 e. The molecule has 0 aliphatic carbocycles. The molecule has 1 N–H and O–H groups in total. The number of halogens is 2. The zero-order valence-electron chi connectivity index (χ0n) is 10.1. The van der Waals surface area contributed by atoms with E-state index in [0.29, 0.717) is 0 Å². The predicted octanol–water partition coefficient (Wildman–Crippen LogP) is 3.38. The van der Waals surface area contributed by atoms with E-state index in [2.05, 4.69) is 31.2 Å². The molecule has 1 aromatic carbocycles. The van der Waals surface area contributed by atoms with Crippen LogP contribution in [0.4, 0.5) is 0 Å². The number of hydrogen-bond donors (Lipinski definition) is 1. The minimum absolute atomic E-state index is 0.123. The number of nitrogens with zero attached hydrogens (tertiary/aromatic N) is 2. The molecule has 1 amide bonds. The van der Waals surface area contributed by atoms with Crippen molar-refractivity contribution in [1.82, 2.24) is 15.3 Å². The van der Waals surface area contributed by atoms with Gasteiger partial charge in [0, 0.05) is 4.47 Å². The van der Waals surface area contributed by atoms with Crippen LogP contribution in [0.3, 0.4) is 0 Å². The highest BCUT2D eigenvalue weighted by molar-refractivity contribution is 9.10. The van der Waals surface area contributed by atoms with Crippen LogP contribution in [-0.2, 0) is 0 Å². The molecule has 0 bridgehead atoms. The fourth-order valence-corrected chi connectivity index (χ4v) is 2.07. The molecule has 0 fully saturated rings. The van der Waals surface area contributed by atoms with Crippen molar-refractivity contribution in [1.29, 1.82) is 0 Å². The lowest BCUT2D eigenvalue weighted by Gasteiger charge is -2.14. The Morgan fingerprint density at radius 3 is 2.79 bits per heavy atom. The standard InChI is InChI=1S/C13H11BrClN3O/c1-8(9-3-2-4-10(14)5-9)18-13(19)11-6-17-12(15)7-16-11/h2-8H,1H3,(H,18,19). The number of carbonyl (C=O) groups is 1. The lowest BCUT2D eigenvalue weighted by atomic mass is 10.1. The van der Waals surface area contributed by atoms with Gasteiger partial charge in [-0.3, -0.25) is 4.79 Å². The minimum Gasteiger partial charge on any atom is -0.344 e. The molecule has 6 heteroatoms. The number of amides is 1. The molecule has 0 aliphatic rings. The molecule has 1 heterocycles. The topological polar surface area (TPSA) is 54.9 Å². The smallest absolute Gasteiger partial charge is 0.271 e. The van der Waals surface area contributed by atoms with Gasteiger partial charge in [0.1, 0.15) is 10.8 Å². The SMILES string of the molecule is CC(NC(=O)c1cnc(Cl)cn1)c1cccc(Br)c1. The second-order valence-electron chi connectivity index (χ2n) is 3.97. The fourth-order valence-electron chi connectivity index (χ4n) is 1.56. The monoisotopic (exact) mass is 339 g/mol. The van der Waals surface area contributed by atoms with Gasteiger partial charge in [0.15, 0.2) is 0 Å². The number of aromatic nitrogens is 2. The third-order valence-corrected chi connectivity index (χ3v) is 3.24. The van der Waals surface area contributed by atoms with Crippen molar-refractivity contribution >= 4 is 33.4 Å². The Morgan fingerprint density at radius 1 is 1.37 bits per heavy atom. The Kier molecular flexibility index (Phi) is 4.50. The van der Waals surface area contributed by atoms with Crippen LogP contribution in [0.1, 0.15) is 29.0 Å². The number of carbonyl (C=O) groups excluding carboxylic acids is 1. The maximum absolute atomic E-state index is 12.0. The summed E-state index contributed by atoms with van der Waals surface area (Å²) in [6.45, 7) is 1.91. The zero-order valence-corrected chi connectivity index (χ0v) is 12.4. The highest BCUT2D eigenvalue weighted by atomic mass is 79.9. The van der Waals surface area contributed by atoms with Gasteiger partial charge in [-0.2, -0.15) is 0 Å². The second-order valence-corrected chi connectivity index (χ2v) is 5.28. The highest BCUT2D eigenvalue weighted by Crippen LogP contribution is 2.18. The van der Waals surface area contributed by atoms with Crippen LogP contribution in [-0.4, -0.2) is 15.9 Å². The van der Waals surface area contributed by atoms with Crippen LogP contribution in [0.25, 0.3) is 0 Å². The quantitative estimate of drug-likeness (QED) is 0.932. The Labute approximate surface area is 124 Å². The van der Waals surface area contributed by atoms with Crippen LogP contribution < -0.4 is 5.32 Å². The molecule has 1 atom stereocenters. The molecule has 19 heavy (non-hydrogen) atoms. The average Bonchev–Trinajstić information content (AvgIpc) is 2.39. The maximum atomic E-state index is 12.0. The van der Waals surface area contributed by atoms with Crippen LogP contribution >= 0.6 is 27.5 Å². The first kappa shape index (κ1) is 14.0. The van der Waals surface area contributed by atoms with Crippen molar-refractivity contribution in [2.75, 3.05) is 0 Å². The minimum atomic E-state index is -0.281. The van der Waals surface area contributed by atoms with Gasteiger partial charge < -0.3 is 5.32 Å². The summed E-state index contributed by atoms with van der Waals surface area (Å²) in [4.78, 5) is 19.7. The predicted molar refractivity (Wildman–Crippen MR) is 77.1 cm³/mol. The molecule has 1 unspecified atom stereocenters. The van der Waals surface area contributed by atoms with Gasteiger partial charge in [0.05, 0.1) is 18.4 Å². The average molecular weight is 341 g/mol. The number of rotatable bonds is 3. The molecular formula is C13H11BrClN3O. The highest BCUT2D eigenvalue weighted by Gasteiger charge is 2.13. The van der Waals surface area contributed by atoms with Crippen molar-refractivity contribution < 1.29 is 4.79 Å². The molecule has 1 aromatic heterocycles. The summed E-state index contributed by atoms with van der Waals surface area (Å²) >= 11 is 9.02. The summed E-state index contributed by atoms with van der Waals surface area (Å²) in [5, 5.41) is 3.11. The number of benzene rings is 1. The van der Waals surface area contributed by atoms with Gasteiger partial charge >= 0.3 is 0 Å². The lowest BCUT2D eigenvalue weighted by molar-refractivity contribution is 0.0934. The van der Waals surface area contributed by atoms with Crippen molar-refractivity contribution in [3.8, 4) is 0 Å². The van der Waals surface area contributed by atoms with Crippen molar-refractivity contribution in [2.24, 2.45) is 0 Å². The van der Waals surface area contributed by atoms with Crippen molar-refractivity contribution in [2.45, 2.75) is 13.0 Å². The molecule has 0 saturated heterocycles. The summed E-state index contributed by atoms with van der Waals surface area (Å²) in [5.41, 5.74) is 1.25. The van der Waals surface area contributed by atoms with E-state index in [1.807, 2.05) is 31.2 Å². The first-order chi connectivity index (χ1) is 9.06. The van der Waals surface area contributed by atoms with Crippen molar-refractivity contribution in [3.05, 3.63) is 57.5 Å². The summed E-state index contributed by atoms with van der Waals surface area (Å²) in [6.07, 6.45) is 2.70. The Morgan fingerprint density at radius 2 is 2.16 bits per heavy atom. The van der Waals surface area contributed by atoms with E-state index in [-0.39, 0.29) is 22.8 Å². The summed E-state index contributed by atoms with van der Waals surface area (Å²) in [6, 6.07) is 7.64. The van der Waals surface area contributed by atoms with E-state index in [0.717, 1.165) is 10.0 Å². The fraction of sp³-hybridized carbons (Fsp3) is 0.154. The molecule has 98 valence electrons. The normalized spacial score (nSPS) is 11.9. The molecule has 0 aliphatic heterocycles. The second kappa shape index (κ2) is 6.12. The number of nitrogens with one attached hydrogen (secondary N) is 1. The molecule has 4 nitrogen and oxygen atoms in total. The number of hydrogen-bond acceptors (Lipinski definition) is 3. The largest absolute Gasteiger partial charge is 0.344 e. The van der Waals surface area contributed by atoms with Gasteiger partial charge in [0.2, 0.25) is 0 Å². The van der Waals surface area contributed by atoms with E-state index in [4.69, 9.17) is 11.6 Å². The Balaban J connectivity index is 2.08. The van der Waals surface area contributed by atoms with Crippen molar-refractivity contribution in [3.63, 3.8) is 0 Å². The summed E-state index contributed by atoms with van der Waals surface area (Å²) in [7, 11) is 0. The molecule has 2 rings (SSSR count). The van der Waals surface area contributed by atoms with E-state index in [9.17, 15) is 4.79 Å².